The van der Waals surface area contributed by atoms with Gasteiger partial charge in [0.1, 0.15) is 5.75 Å². The van der Waals surface area contributed by atoms with Crippen molar-refractivity contribution in [3.8, 4) is 5.75 Å². The van der Waals surface area contributed by atoms with E-state index in [4.69, 9.17) is 27.9 Å². The summed E-state index contributed by atoms with van der Waals surface area (Å²) in [4.78, 5) is 12.4. The van der Waals surface area contributed by atoms with E-state index in [-0.39, 0.29) is 16.1 Å². The van der Waals surface area contributed by atoms with Crippen molar-refractivity contribution in [1.29, 1.82) is 0 Å². The molecular weight excluding hydrogens is 370 g/mol. The van der Waals surface area contributed by atoms with Gasteiger partial charge in [0.2, 0.25) is 0 Å². The zero-order chi connectivity index (χ0) is 14.9. The number of carbonyl (C=O) groups is 1. The minimum absolute atomic E-state index is 0.140. The molecule has 0 radical (unpaired) electrons. The van der Waals surface area contributed by atoms with E-state index in [1.807, 2.05) is 0 Å². The van der Waals surface area contributed by atoms with E-state index in [0.717, 1.165) is 0 Å². The molecule has 0 spiro atoms. The number of hydrogen-bond donors (Lipinski definition) is 0. The van der Waals surface area contributed by atoms with E-state index >= 15 is 0 Å². The van der Waals surface area contributed by atoms with Gasteiger partial charge in [-0.15, -0.1) is 0 Å². The van der Waals surface area contributed by atoms with Crippen LogP contribution in [-0.4, -0.2) is 12.9 Å². The Morgan fingerprint density at radius 3 is 2.55 bits per heavy atom. The van der Waals surface area contributed by atoms with E-state index in [1.54, 1.807) is 12.1 Å². The SMILES string of the molecule is COc1ccc(Cl)cc1C(=O)c1ccc(Br)c(Cl)c1F. The Balaban J connectivity index is 2.57. The second kappa shape index (κ2) is 6.12. The summed E-state index contributed by atoms with van der Waals surface area (Å²) >= 11 is 14.8. The zero-order valence-corrected chi connectivity index (χ0v) is 13.3. The van der Waals surface area contributed by atoms with Gasteiger partial charge in [0.15, 0.2) is 11.6 Å². The summed E-state index contributed by atoms with van der Waals surface area (Å²) in [6.07, 6.45) is 0. The molecule has 0 aliphatic rings. The van der Waals surface area contributed by atoms with Gasteiger partial charge in [0.05, 0.1) is 23.3 Å². The molecule has 0 amide bonds. The average Bonchev–Trinajstić information content (AvgIpc) is 2.44. The van der Waals surface area contributed by atoms with Gasteiger partial charge in [-0.25, -0.2) is 4.39 Å². The van der Waals surface area contributed by atoms with Crippen molar-refractivity contribution in [2.75, 3.05) is 7.11 Å². The van der Waals surface area contributed by atoms with Gasteiger partial charge in [0.25, 0.3) is 0 Å². The summed E-state index contributed by atoms with van der Waals surface area (Å²) in [5.41, 5.74) is 0.0380. The molecule has 0 saturated carbocycles. The molecule has 104 valence electrons. The third kappa shape index (κ3) is 2.82. The largest absolute Gasteiger partial charge is 0.496 e. The highest BCUT2D eigenvalue weighted by atomic mass is 79.9. The summed E-state index contributed by atoms with van der Waals surface area (Å²) in [5.74, 6) is -1.01. The van der Waals surface area contributed by atoms with Gasteiger partial charge >= 0.3 is 0 Å². The molecule has 0 aliphatic carbocycles. The number of hydrogen-bond acceptors (Lipinski definition) is 2. The Labute approximate surface area is 133 Å². The van der Waals surface area contributed by atoms with Crippen molar-refractivity contribution in [1.82, 2.24) is 0 Å². The lowest BCUT2D eigenvalue weighted by Gasteiger charge is -2.10. The summed E-state index contributed by atoms with van der Waals surface area (Å²) in [7, 11) is 1.42. The van der Waals surface area contributed by atoms with Crippen LogP contribution in [0.25, 0.3) is 0 Å². The zero-order valence-electron chi connectivity index (χ0n) is 10.2. The molecule has 0 aromatic heterocycles. The normalized spacial score (nSPS) is 10.4. The lowest BCUT2D eigenvalue weighted by Crippen LogP contribution is -2.07. The molecule has 0 fully saturated rings. The Morgan fingerprint density at radius 2 is 1.90 bits per heavy atom. The number of ketones is 1. The molecule has 2 aromatic rings. The van der Waals surface area contributed by atoms with Crippen LogP contribution in [0.2, 0.25) is 10.0 Å². The predicted molar refractivity (Wildman–Crippen MR) is 80.5 cm³/mol. The van der Waals surface area contributed by atoms with Gasteiger partial charge in [-0.2, -0.15) is 0 Å². The van der Waals surface area contributed by atoms with E-state index in [0.29, 0.717) is 15.2 Å². The Kier molecular flexibility index (Phi) is 4.68. The van der Waals surface area contributed by atoms with Crippen molar-refractivity contribution in [2.24, 2.45) is 0 Å². The highest BCUT2D eigenvalue weighted by molar-refractivity contribution is 9.10. The van der Waals surface area contributed by atoms with Crippen molar-refractivity contribution >= 4 is 44.9 Å². The molecule has 0 heterocycles. The highest BCUT2D eigenvalue weighted by Crippen LogP contribution is 2.31. The third-order valence-electron chi connectivity index (χ3n) is 2.69. The Morgan fingerprint density at radius 1 is 1.20 bits per heavy atom. The molecule has 2 nitrogen and oxygen atoms in total. The third-order valence-corrected chi connectivity index (χ3v) is 4.18. The molecule has 2 aromatic carbocycles. The van der Waals surface area contributed by atoms with Crippen LogP contribution in [0.3, 0.4) is 0 Å². The molecule has 2 rings (SSSR count). The molecule has 0 atom stereocenters. The first kappa shape index (κ1) is 15.3. The average molecular weight is 378 g/mol. The summed E-state index contributed by atoms with van der Waals surface area (Å²) in [5, 5.41) is 0.217. The quantitative estimate of drug-likeness (QED) is 0.547. The second-order valence-corrected chi connectivity index (χ2v) is 5.57. The van der Waals surface area contributed by atoms with Crippen LogP contribution in [0.5, 0.6) is 5.75 Å². The molecular formula is C14H8BrCl2FO2. The smallest absolute Gasteiger partial charge is 0.199 e. The first-order valence-corrected chi connectivity index (χ1v) is 7.02. The van der Waals surface area contributed by atoms with Crippen molar-refractivity contribution in [3.63, 3.8) is 0 Å². The van der Waals surface area contributed by atoms with Crippen LogP contribution < -0.4 is 4.74 Å². The fourth-order valence-corrected chi connectivity index (χ4v) is 2.35. The van der Waals surface area contributed by atoms with Crippen molar-refractivity contribution in [3.05, 3.63) is 61.8 Å². The standard InChI is InChI=1S/C14H8BrCl2FO2/c1-20-11-5-2-7(16)6-9(11)14(19)8-3-4-10(15)12(17)13(8)18/h2-6H,1H3. The predicted octanol–water partition coefficient (Wildman–Crippen LogP) is 5.13. The van der Waals surface area contributed by atoms with Crippen LogP contribution >= 0.6 is 39.1 Å². The number of carbonyl (C=O) groups excluding carboxylic acids is 1. The van der Waals surface area contributed by atoms with E-state index < -0.39 is 11.6 Å². The number of methoxy groups -OCH3 is 1. The number of rotatable bonds is 3. The maximum atomic E-state index is 14.1. The molecule has 6 heteroatoms. The van der Waals surface area contributed by atoms with Crippen LogP contribution in [0, 0.1) is 5.82 Å². The van der Waals surface area contributed by atoms with E-state index in [2.05, 4.69) is 15.9 Å². The molecule has 0 bridgehead atoms. The molecule has 20 heavy (non-hydrogen) atoms. The van der Waals surface area contributed by atoms with Crippen molar-refractivity contribution < 1.29 is 13.9 Å². The van der Waals surface area contributed by atoms with Crippen LogP contribution in [-0.2, 0) is 0 Å². The van der Waals surface area contributed by atoms with Crippen LogP contribution in [0.4, 0.5) is 4.39 Å². The van der Waals surface area contributed by atoms with E-state index in [9.17, 15) is 9.18 Å². The van der Waals surface area contributed by atoms with Crippen molar-refractivity contribution in [2.45, 2.75) is 0 Å². The minimum atomic E-state index is -0.784. The Hall–Kier alpha value is -1.10. The van der Waals surface area contributed by atoms with Gasteiger partial charge < -0.3 is 4.74 Å². The summed E-state index contributed by atoms with van der Waals surface area (Å²) < 4.78 is 19.6. The molecule has 0 unspecified atom stereocenters. The maximum Gasteiger partial charge on any atom is 0.199 e. The highest BCUT2D eigenvalue weighted by Gasteiger charge is 2.21. The number of halogens is 4. The lowest BCUT2D eigenvalue weighted by atomic mass is 10.0. The number of ether oxygens (including phenoxy) is 1. The Bertz CT molecular complexity index is 689. The molecule has 0 N–H and O–H groups in total. The second-order valence-electron chi connectivity index (χ2n) is 3.90. The maximum absolute atomic E-state index is 14.1. The topological polar surface area (TPSA) is 26.3 Å². The van der Waals surface area contributed by atoms with Gasteiger partial charge in [-0.3, -0.25) is 4.79 Å². The summed E-state index contributed by atoms with van der Waals surface area (Å²) in [6.45, 7) is 0. The van der Waals surface area contributed by atoms with Crippen LogP contribution in [0.15, 0.2) is 34.8 Å². The fourth-order valence-electron chi connectivity index (χ4n) is 1.70. The van der Waals surface area contributed by atoms with Gasteiger partial charge in [-0.1, -0.05) is 23.2 Å². The monoisotopic (exact) mass is 376 g/mol. The first-order valence-electron chi connectivity index (χ1n) is 5.47. The summed E-state index contributed by atoms with van der Waals surface area (Å²) in [6, 6.07) is 7.43. The fraction of sp³-hybridized carbons (Fsp3) is 0.0714. The first-order chi connectivity index (χ1) is 9.45. The minimum Gasteiger partial charge on any atom is -0.496 e. The van der Waals surface area contributed by atoms with Gasteiger partial charge in [0, 0.05) is 9.50 Å². The number of benzene rings is 2. The molecule has 0 aliphatic heterocycles. The lowest BCUT2D eigenvalue weighted by molar-refractivity contribution is 0.103. The van der Waals surface area contributed by atoms with Crippen LogP contribution in [0.1, 0.15) is 15.9 Å². The van der Waals surface area contributed by atoms with Gasteiger partial charge in [-0.05, 0) is 46.3 Å². The molecule has 0 saturated heterocycles. The van der Waals surface area contributed by atoms with E-state index in [1.165, 1.54) is 25.3 Å².